The largest absolute Gasteiger partial charge is 0.496 e. The molecule has 3 heteroatoms. The Morgan fingerprint density at radius 1 is 1.05 bits per heavy atom. The van der Waals surface area contributed by atoms with Crippen LogP contribution in [0.5, 0.6) is 11.5 Å². The fourth-order valence-corrected chi connectivity index (χ4v) is 2.26. The minimum absolute atomic E-state index is 0.459. The van der Waals surface area contributed by atoms with Crippen LogP contribution in [-0.2, 0) is 13.2 Å². The minimum atomic E-state index is 0.459. The summed E-state index contributed by atoms with van der Waals surface area (Å²) < 4.78 is 11.2. The summed E-state index contributed by atoms with van der Waals surface area (Å²) in [7, 11) is 1.65. The van der Waals surface area contributed by atoms with Gasteiger partial charge in [-0.05, 0) is 42.7 Å². The van der Waals surface area contributed by atoms with Crippen LogP contribution in [0.4, 0.5) is 0 Å². The monoisotopic (exact) mass is 271 g/mol. The Bertz CT molecular complexity index is 573. The summed E-state index contributed by atoms with van der Waals surface area (Å²) in [5, 5.41) is 0. The highest BCUT2D eigenvalue weighted by atomic mass is 16.5. The number of hydrogen-bond acceptors (Lipinski definition) is 3. The quantitative estimate of drug-likeness (QED) is 0.907. The van der Waals surface area contributed by atoms with Gasteiger partial charge in [-0.1, -0.05) is 24.3 Å². The van der Waals surface area contributed by atoms with E-state index in [-0.39, 0.29) is 0 Å². The summed E-state index contributed by atoms with van der Waals surface area (Å²) in [6, 6.07) is 12.1. The molecule has 0 aliphatic heterocycles. The van der Waals surface area contributed by atoms with Crippen LogP contribution in [0.2, 0.25) is 0 Å². The van der Waals surface area contributed by atoms with Crippen LogP contribution in [0.3, 0.4) is 0 Å². The van der Waals surface area contributed by atoms with E-state index < -0.39 is 0 Å². The van der Waals surface area contributed by atoms with Crippen molar-refractivity contribution in [3.63, 3.8) is 0 Å². The molecule has 0 fully saturated rings. The molecule has 0 atom stereocenters. The van der Waals surface area contributed by atoms with E-state index in [1.165, 1.54) is 0 Å². The van der Waals surface area contributed by atoms with E-state index >= 15 is 0 Å². The lowest BCUT2D eigenvalue weighted by molar-refractivity contribution is 0.301. The van der Waals surface area contributed by atoms with Crippen molar-refractivity contribution < 1.29 is 9.47 Å². The van der Waals surface area contributed by atoms with Gasteiger partial charge in [0, 0.05) is 12.1 Å². The van der Waals surface area contributed by atoms with Crippen molar-refractivity contribution in [3.05, 3.63) is 58.7 Å². The second kappa shape index (κ2) is 6.44. The highest BCUT2D eigenvalue weighted by Gasteiger charge is 2.06. The fourth-order valence-electron chi connectivity index (χ4n) is 2.26. The fraction of sp³-hybridized carbons (Fsp3) is 0.294. The van der Waals surface area contributed by atoms with E-state index in [4.69, 9.17) is 15.2 Å². The topological polar surface area (TPSA) is 44.5 Å². The van der Waals surface area contributed by atoms with E-state index in [2.05, 4.69) is 26.0 Å². The molecule has 0 aliphatic rings. The van der Waals surface area contributed by atoms with Gasteiger partial charge in [0.15, 0.2) is 0 Å². The number of ether oxygens (including phenoxy) is 2. The van der Waals surface area contributed by atoms with E-state index in [1.807, 2.05) is 24.3 Å². The smallest absolute Gasteiger partial charge is 0.125 e. The maximum atomic E-state index is 5.94. The zero-order chi connectivity index (χ0) is 14.5. The summed E-state index contributed by atoms with van der Waals surface area (Å²) >= 11 is 0. The van der Waals surface area contributed by atoms with Crippen molar-refractivity contribution >= 4 is 0 Å². The van der Waals surface area contributed by atoms with Crippen molar-refractivity contribution in [2.75, 3.05) is 7.11 Å². The number of rotatable bonds is 5. The van der Waals surface area contributed by atoms with Gasteiger partial charge in [-0.15, -0.1) is 0 Å². The van der Waals surface area contributed by atoms with E-state index in [0.717, 1.165) is 33.8 Å². The van der Waals surface area contributed by atoms with E-state index in [9.17, 15) is 0 Å². The van der Waals surface area contributed by atoms with Crippen LogP contribution >= 0.6 is 0 Å². The Morgan fingerprint density at radius 2 is 1.75 bits per heavy atom. The second-order valence-electron chi connectivity index (χ2n) is 4.86. The number of nitrogens with two attached hydrogens (primary N) is 1. The molecule has 106 valence electrons. The molecule has 0 aromatic heterocycles. The van der Waals surface area contributed by atoms with Crippen LogP contribution in [-0.4, -0.2) is 7.11 Å². The molecule has 0 saturated heterocycles. The summed E-state index contributed by atoms with van der Waals surface area (Å²) in [5.74, 6) is 1.78. The molecule has 0 spiro atoms. The third kappa shape index (κ3) is 3.11. The lowest BCUT2D eigenvalue weighted by Gasteiger charge is -2.13. The lowest BCUT2D eigenvalue weighted by atomic mass is 10.1. The molecule has 0 bridgehead atoms. The van der Waals surface area contributed by atoms with Gasteiger partial charge in [0.2, 0.25) is 0 Å². The molecule has 2 rings (SSSR count). The number of benzene rings is 2. The molecule has 0 aliphatic carbocycles. The first-order valence-corrected chi connectivity index (χ1v) is 6.70. The molecule has 0 radical (unpaired) electrons. The Labute approximate surface area is 120 Å². The normalized spacial score (nSPS) is 10.4. The van der Waals surface area contributed by atoms with Gasteiger partial charge in [-0.25, -0.2) is 0 Å². The molecule has 2 aromatic rings. The lowest BCUT2D eigenvalue weighted by Crippen LogP contribution is -2.03. The zero-order valence-electron chi connectivity index (χ0n) is 12.3. The third-order valence-corrected chi connectivity index (χ3v) is 3.36. The summed E-state index contributed by atoms with van der Waals surface area (Å²) in [5.41, 5.74) is 10.1. The Morgan fingerprint density at radius 3 is 2.35 bits per heavy atom. The summed E-state index contributed by atoms with van der Waals surface area (Å²) in [6.45, 7) is 5.10. The predicted octanol–water partition coefficient (Wildman–Crippen LogP) is 3.35. The molecule has 2 N–H and O–H groups in total. The predicted molar refractivity (Wildman–Crippen MR) is 81.1 cm³/mol. The highest BCUT2D eigenvalue weighted by molar-refractivity contribution is 5.41. The maximum Gasteiger partial charge on any atom is 0.125 e. The average molecular weight is 271 g/mol. The molecule has 0 unspecified atom stereocenters. The van der Waals surface area contributed by atoms with Gasteiger partial charge < -0.3 is 15.2 Å². The standard InChI is InChI=1S/C17H21NO2/c1-12-5-4-6-13(2)17(12)20-11-14-7-8-16(19-3)15(9-14)10-18/h4-9H,10-11,18H2,1-3H3. The van der Waals surface area contributed by atoms with Gasteiger partial charge in [-0.2, -0.15) is 0 Å². The van der Waals surface area contributed by atoms with E-state index in [0.29, 0.717) is 13.2 Å². The molecule has 3 nitrogen and oxygen atoms in total. The van der Waals surface area contributed by atoms with Crippen molar-refractivity contribution in [2.24, 2.45) is 5.73 Å². The van der Waals surface area contributed by atoms with Gasteiger partial charge in [0.25, 0.3) is 0 Å². The van der Waals surface area contributed by atoms with Crippen LogP contribution in [0.1, 0.15) is 22.3 Å². The van der Waals surface area contributed by atoms with Crippen molar-refractivity contribution in [2.45, 2.75) is 27.0 Å². The Balaban J connectivity index is 2.15. The Kier molecular flexibility index (Phi) is 4.64. The van der Waals surface area contributed by atoms with Gasteiger partial charge in [0.1, 0.15) is 18.1 Å². The van der Waals surface area contributed by atoms with Gasteiger partial charge in [-0.3, -0.25) is 0 Å². The van der Waals surface area contributed by atoms with Crippen LogP contribution < -0.4 is 15.2 Å². The van der Waals surface area contributed by atoms with Crippen LogP contribution in [0, 0.1) is 13.8 Å². The Hall–Kier alpha value is -2.00. The molecule has 0 amide bonds. The number of aryl methyl sites for hydroxylation is 2. The molecular weight excluding hydrogens is 250 g/mol. The van der Waals surface area contributed by atoms with Crippen LogP contribution in [0.15, 0.2) is 36.4 Å². The van der Waals surface area contributed by atoms with Crippen LogP contribution in [0.25, 0.3) is 0 Å². The second-order valence-corrected chi connectivity index (χ2v) is 4.86. The molecule has 2 aromatic carbocycles. The summed E-state index contributed by atoms with van der Waals surface area (Å²) in [4.78, 5) is 0. The first kappa shape index (κ1) is 14.4. The summed E-state index contributed by atoms with van der Waals surface area (Å²) in [6.07, 6.45) is 0. The molecule has 20 heavy (non-hydrogen) atoms. The van der Waals surface area contributed by atoms with Gasteiger partial charge in [0.05, 0.1) is 7.11 Å². The minimum Gasteiger partial charge on any atom is -0.496 e. The molecule has 0 heterocycles. The SMILES string of the molecule is COc1ccc(COc2c(C)cccc2C)cc1CN. The van der Waals surface area contributed by atoms with E-state index in [1.54, 1.807) is 7.11 Å². The van der Waals surface area contributed by atoms with Gasteiger partial charge >= 0.3 is 0 Å². The average Bonchev–Trinajstić information content (AvgIpc) is 2.46. The van der Waals surface area contributed by atoms with Crippen molar-refractivity contribution in [1.82, 2.24) is 0 Å². The first-order valence-electron chi connectivity index (χ1n) is 6.70. The highest BCUT2D eigenvalue weighted by Crippen LogP contribution is 2.25. The molecular formula is C17H21NO2. The molecule has 0 saturated carbocycles. The maximum absolute atomic E-state index is 5.94. The number of methoxy groups -OCH3 is 1. The van der Waals surface area contributed by atoms with Crippen molar-refractivity contribution in [3.8, 4) is 11.5 Å². The third-order valence-electron chi connectivity index (χ3n) is 3.36. The zero-order valence-corrected chi connectivity index (χ0v) is 12.3. The van der Waals surface area contributed by atoms with Crippen molar-refractivity contribution in [1.29, 1.82) is 0 Å². The number of para-hydroxylation sites is 1. The first-order chi connectivity index (χ1) is 9.65. The number of hydrogen-bond donors (Lipinski definition) is 1.